The summed E-state index contributed by atoms with van der Waals surface area (Å²) in [5, 5.41) is 4.48. The maximum Gasteiger partial charge on any atom is 0.157 e. The molecule has 4 heterocycles. The Balaban J connectivity index is 1.31. The molecule has 2 aliphatic heterocycles. The first kappa shape index (κ1) is 15.5. The van der Waals surface area contributed by atoms with Gasteiger partial charge < -0.3 is 14.5 Å². The molecule has 0 N–H and O–H groups in total. The molecule has 0 unspecified atom stereocenters. The average molecular weight is 349 g/mol. The summed E-state index contributed by atoms with van der Waals surface area (Å²) in [6.07, 6.45) is 1.83. The minimum Gasteiger partial charge on any atom is -0.497 e. The van der Waals surface area contributed by atoms with Crippen molar-refractivity contribution in [3.05, 3.63) is 47.8 Å². The van der Waals surface area contributed by atoms with E-state index in [-0.39, 0.29) is 0 Å². The highest BCUT2D eigenvalue weighted by Crippen LogP contribution is 2.44. The summed E-state index contributed by atoms with van der Waals surface area (Å²) in [7, 11) is 1.70. The third kappa shape index (κ3) is 2.18. The Morgan fingerprint density at radius 2 is 1.65 bits per heavy atom. The van der Waals surface area contributed by atoms with Gasteiger partial charge in [-0.25, -0.2) is 4.98 Å². The number of aryl methyl sites for hydroxylation is 1. The molecule has 0 radical (unpaired) electrons. The van der Waals surface area contributed by atoms with E-state index in [1.54, 1.807) is 7.11 Å². The topological polar surface area (TPSA) is 45.9 Å². The first-order valence-corrected chi connectivity index (χ1v) is 9.03. The lowest BCUT2D eigenvalue weighted by Gasteiger charge is -2.61. The number of anilines is 2. The van der Waals surface area contributed by atoms with Gasteiger partial charge in [0.25, 0.3) is 0 Å². The van der Waals surface area contributed by atoms with Crippen LogP contribution in [-0.4, -0.2) is 47.9 Å². The molecule has 134 valence electrons. The van der Waals surface area contributed by atoms with E-state index in [2.05, 4.69) is 45.9 Å². The molecule has 2 fully saturated rings. The van der Waals surface area contributed by atoms with Gasteiger partial charge in [0.2, 0.25) is 0 Å². The third-order valence-corrected chi connectivity index (χ3v) is 5.83. The predicted molar refractivity (Wildman–Crippen MR) is 102 cm³/mol. The molecule has 0 aliphatic carbocycles. The average Bonchev–Trinajstić information content (AvgIpc) is 3.03. The van der Waals surface area contributed by atoms with Crippen molar-refractivity contribution >= 4 is 17.2 Å². The number of rotatable bonds is 3. The number of hydrogen-bond donors (Lipinski definition) is 0. The Morgan fingerprint density at radius 3 is 2.35 bits per heavy atom. The van der Waals surface area contributed by atoms with E-state index < -0.39 is 0 Å². The summed E-state index contributed by atoms with van der Waals surface area (Å²) in [6, 6.07) is 10.3. The molecule has 0 saturated carbocycles. The van der Waals surface area contributed by atoms with E-state index in [9.17, 15) is 0 Å². The normalized spacial score (nSPS) is 18.1. The molecule has 6 heteroatoms. The van der Waals surface area contributed by atoms with Crippen molar-refractivity contribution in [1.29, 1.82) is 0 Å². The van der Waals surface area contributed by atoms with Crippen molar-refractivity contribution in [2.24, 2.45) is 5.41 Å². The Morgan fingerprint density at radius 1 is 0.962 bits per heavy atom. The number of ether oxygens (including phenoxy) is 1. The lowest BCUT2D eigenvalue weighted by atomic mass is 9.72. The highest BCUT2D eigenvalue weighted by atomic mass is 16.5. The number of benzene rings is 1. The van der Waals surface area contributed by atoms with Crippen molar-refractivity contribution < 1.29 is 4.74 Å². The fraction of sp³-hybridized carbons (Fsp3) is 0.400. The standard InChI is InChI=1S/C20H23N5O/c1-14-15(2)22-18-8-9-21-25(18)19(14)24-12-20(13-24)10-23(11-20)16-4-6-17(26-3)7-5-16/h4-9H,10-13H2,1-3H3. The lowest BCUT2D eigenvalue weighted by molar-refractivity contribution is 0.155. The summed E-state index contributed by atoms with van der Waals surface area (Å²) in [6.45, 7) is 8.62. The fourth-order valence-corrected chi connectivity index (χ4v) is 4.34. The zero-order valence-corrected chi connectivity index (χ0v) is 15.4. The molecule has 1 aromatic carbocycles. The quantitative estimate of drug-likeness (QED) is 0.727. The summed E-state index contributed by atoms with van der Waals surface area (Å²) in [5.41, 5.74) is 4.92. The lowest BCUT2D eigenvalue weighted by Crippen LogP contribution is -2.72. The van der Waals surface area contributed by atoms with Gasteiger partial charge in [-0.1, -0.05) is 0 Å². The number of aromatic nitrogens is 3. The highest BCUT2D eigenvalue weighted by molar-refractivity contribution is 5.60. The molecule has 3 aromatic rings. The second kappa shape index (κ2) is 5.37. The van der Waals surface area contributed by atoms with Crippen molar-refractivity contribution in [3.63, 3.8) is 0 Å². The van der Waals surface area contributed by atoms with Crippen LogP contribution in [0.25, 0.3) is 5.65 Å². The predicted octanol–water partition coefficient (Wildman–Crippen LogP) is 2.68. The molecule has 0 bridgehead atoms. The zero-order chi connectivity index (χ0) is 17.9. The molecule has 0 amide bonds. The molecule has 2 aliphatic rings. The second-order valence-electron chi connectivity index (χ2n) is 7.66. The summed E-state index contributed by atoms with van der Waals surface area (Å²) >= 11 is 0. The first-order chi connectivity index (χ1) is 12.6. The van der Waals surface area contributed by atoms with Crippen molar-refractivity contribution in [2.45, 2.75) is 13.8 Å². The van der Waals surface area contributed by atoms with Crippen LogP contribution in [-0.2, 0) is 0 Å². The van der Waals surface area contributed by atoms with E-state index >= 15 is 0 Å². The van der Waals surface area contributed by atoms with E-state index in [0.29, 0.717) is 5.41 Å². The van der Waals surface area contributed by atoms with Crippen LogP contribution in [0.3, 0.4) is 0 Å². The molecule has 1 spiro atoms. The molecule has 2 saturated heterocycles. The van der Waals surface area contributed by atoms with E-state index in [1.807, 2.05) is 28.9 Å². The van der Waals surface area contributed by atoms with Crippen LogP contribution < -0.4 is 14.5 Å². The van der Waals surface area contributed by atoms with Gasteiger partial charge in [0, 0.05) is 54.6 Å². The molecular weight excluding hydrogens is 326 g/mol. The van der Waals surface area contributed by atoms with E-state index in [0.717, 1.165) is 43.3 Å². The Hall–Kier alpha value is -2.76. The smallest absolute Gasteiger partial charge is 0.157 e. The second-order valence-corrected chi connectivity index (χ2v) is 7.66. The van der Waals surface area contributed by atoms with Crippen molar-refractivity contribution in [1.82, 2.24) is 14.6 Å². The highest BCUT2D eigenvalue weighted by Gasteiger charge is 2.52. The molecule has 5 rings (SSSR count). The minimum absolute atomic E-state index is 0.406. The number of methoxy groups -OCH3 is 1. The van der Waals surface area contributed by atoms with E-state index in [1.165, 1.54) is 17.1 Å². The van der Waals surface area contributed by atoms with Crippen LogP contribution in [0.4, 0.5) is 11.5 Å². The zero-order valence-electron chi connectivity index (χ0n) is 15.4. The van der Waals surface area contributed by atoms with Crippen molar-refractivity contribution in [3.8, 4) is 5.75 Å². The monoisotopic (exact) mass is 349 g/mol. The van der Waals surface area contributed by atoms with Crippen LogP contribution in [0.1, 0.15) is 11.3 Å². The van der Waals surface area contributed by atoms with Crippen LogP contribution in [0.2, 0.25) is 0 Å². The SMILES string of the molecule is COc1ccc(N2CC3(C2)CN(c2c(C)c(C)nc4ccnn24)C3)cc1. The summed E-state index contributed by atoms with van der Waals surface area (Å²) < 4.78 is 7.23. The number of hydrogen-bond acceptors (Lipinski definition) is 5. The number of fused-ring (bicyclic) bond motifs is 1. The first-order valence-electron chi connectivity index (χ1n) is 9.03. The van der Waals surface area contributed by atoms with E-state index in [4.69, 9.17) is 4.74 Å². The summed E-state index contributed by atoms with van der Waals surface area (Å²) in [4.78, 5) is 9.53. The van der Waals surface area contributed by atoms with Gasteiger partial charge in [-0.3, -0.25) is 0 Å². The molecule has 0 atom stereocenters. The number of nitrogens with zero attached hydrogens (tertiary/aromatic N) is 5. The van der Waals surface area contributed by atoms with Crippen LogP contribution in [0, 0.1) is 19.3 Å². The minimum atomic E-state index is 0.406. The van der Waals surface area contributed by atoms with Gasteiger partial charge in [0.1, 0.15) is 11.6 Å². The van der Waals surface area contributed by atoms with Crippen LogP contribution in [0.5, 0.6) is 5.75 Å². The Bertz CT molecular complexity index is 964. The van der Waals surface area contributed by atoms with Crippen LogP contribution >= 0.6 is 0 Å². The van der Waals surface area contributed by atoms with Gasteiger partial charge in [-0.05, 0) is 38.1 Å². The maximum absolute atomic E-state index is 5.25. The Kier molecular flexibility index (Phi) is 3.20. The van der Waals surface area contributed by atoms with Gasteiger partial charge in [-0.15, -0.1) is 0 Å². The summed E-state index contributed by atoms with van der Waals surface area (Å²) in [5.74, 6) is 2.11. The maximum atomic E-state index is 5.25. The molecule has 2 aromatic heterocycles. The molecule has 6 nitrogen and oxygen atoms in total. The van der Waals surface area contributed by atoms with Crippen molar-refractivity contribution in [2.75, 3.05) is 43.1 Å². The van der Waals surface area contributed by atoms with Gasteiger partial charge in [-0.2, -0.15) is 9.61 Å². The largest absolute Gasteiger partial charge is 0.497 e. The van der Waals surface area contributed by atoms with Gasteiger partial charge in [0.05, 0.1) is 13.3 Å². The fourth-order valence-electron chi connectivity index (χ4n) is 4.34. The van der Waals surface area contributed by atoms with Crippen LogP contribution in [0.15, 0.2) is 36.5 Å². The molecular formula is C20H23N5O. The Labute approximate surface area is 153 Å². The molecule has 26 heavy (non-hydrogen) atoms. The van der Waals surface area contributed by atoms with Gasteiger partial charge >= 0.3 is 0 Å². The third-order valence-electron chi connectivity index (χ3n) is 5.83. The van der Waals surface area contributed by atoms with Gasteiger partial charge in [0.15, 0.2) is 5.65 Å².